The molecule has 0 fully saturated rings. The average Bonchev–Trinajstić information content (AvgIpc) is 2.59. The van der Waals surface area contributed by atoms with Crippen molar-refractivity contribution in [3.63, 3.8) is 0 Å². The van der Waals surface area contributed by atoms with Gasteiger partial charge in [-0.1, -0.05) is 5.21 Å². The molecule has 0 bridgehead atoms. The second-order valence-electron chi connectivity index (χ2n) is 3.07. The largest absolute Gasteiger partial charge is 0.382 e. The minimum absolute atomic E-state index is 0.550. The zero-order valence-electron chi connectivity index (χ0n) is 8.00. The highest BCUT2D eigenvalue weighted by molar-refractivity contribution is 9.10. The van der Waals surface area contributed by atoms with E-state index in [2.05, 4.69) is 31.2 Å². The van der Waals surface area contributed by atoms with Gasteiger partial charge in [0.1, 0.15) is 11.8 Å². The van der Waals surface area contributed by atoms with Gasteiger partial charge in [0.25, 0.3) is 0 Å². The maximum absolute atomic E-state index is 10.1. The molecule has 1 N–H and O–H groups in total. The summed E-state index contributed by atoms with van der Waals surface area (Å²) in [5.41, 5.74) is 1.39. The first-order chi connectivity index (χ1) is 7.20. The smallest absolute Gasteiger partial charge is 0.154 e. The molecule has 2 heterocycles. The van der Waals surface area contributed by atoms with Gasteiger partial charge in [-0.15, -0.1) is 5.10 Å². The monoisotopic (exact) mass is 268 g/mol. The lowest BCUT2D eigenvalue weighted by molar-refractivity contribution is 0.209. The molecular formula is C9H9BrN4O. The van der Waals surface area contributed by atoms with Gasteiger partial charge in [0.2, 0.25) is 0 Å². The number of aryl methyl sites for hydroxylation is 1. The van der Waals surface area contributed by atoms with Gasteiger partial charge >= 0.3 is 0 Å². The molecule has 1 unspecified atom stereocenters. The molecule has 2 rings (SSSR count). The van der Waals surface area contributed by atoms with Crippen molar-refractivity contribution in [3.8, 4) is 0 Å². The molecule has 0 saturated heterocycles. The molecule has 0 aliphatic heterocycles. The Balaban J connectivity index is 2.41. The van der Waals surface area contributed by atoms with Crippen LogP contribution in [0, 0.1) is 0 Å². The number of pyridine rings is 1. The van der Waals surface area contributed by atoms with Crippen LogP contribution in [0.25, 0.3) is 0 Å². The van der Waals surface area contributed by atoms with Crippen LogP contribution in [0.2, 0.25) is 0 Å². The lowest BCUT2D eigenvalue weighted by atomic mass is 10.1. The van der Waals surface area contributed by atoms with Crippen LogP contribution in [-0.2, 0) is 7.05 Å². The summed E-state index contributed by atoms with van der Waals surface area (Å²) in [6.45, 7) is 0. The van der Waals surface area contributed by atoms with E-state index < -0.39 is 6.10 Å². The average molecular weight is 269 g/mol. The number of rotatable bonds is 2. The standard InChI is InChI=1S/C9H9BrN4O/c1-14-7(9(10)12-13-14)8(15)6-2-4-11-5-3-6/h2-5,8,15H,1H3. The zero-order chi connectivity index (χ0) is 10.8. The van der Waals surface area contributed by atoms with E-state index in [0.717, 1.165) is 5.56 Å². The van der Waals surface area contributed by atoms with Crippen molar-refractivity contribution < 1.29 is 5.11 Å². The Labute approximate surface area is 94.9 Å². The third-order valence-electron chi connectivity index (χ3n) is 2.11. The normalized spacial score (nSPS) is 12.7. The number of nitrogens with zero attached hydrogens (tertiary/aromatic N) is 4. The second-order valence-corrected chi connectivity index (χ2v) is 3.82. The molecule has 0 saturated carbocycles. The first-order valence-electron chi connectivity index (χ1n) is 4.33. The highest BCUT2D eigenvalue weighted by Gasteiger charge is 2.18. The number of aromatic nitrogens is 4. The van der Waals surface area contributed by atoms with Crippen LogP contribution in [0.5, 0.6) is 0 Å². The molecular weight excluding hydrogens is 260 g/mol. The fourth-order valence-corrected chi connectivity index (χ4v) is 1.88. The molecule has 0 aliphatic carbocycles. The SMILES string of the molecule is Cn1nnc(Br)c1C(O)c1ccncc1. The highest BCUT2D eigenvalue weighted by Crippen LogP contribution is 2.25. The molecule has 6 heteroatoms. The summed E-state index contributed by atoms with van der Waals surface area (Å²) < 4.78 is 2.09. The van der Waals surface area contributed by atoms with Crippen LogP contribution in [0.3, 0.4) is 0 Å². The van der Waals surface area contributed by atoms with Gasteiger partial charge in [0.05, 0.1) is 0 Å². The van der Waals surface area contributed by atoms with Gasteiger partial charge in [-0.3, -0.25) is 4.98 Å². The van der Waals surface area contributed by atoms with Crippen molar-refractivity contribution in [1.29, 1.82) is 0 Å². The number of hydrogen-bond donors (Lipinski definition) is 1. The first kappa shape index (κ1) is 10.3. The summed E-state index contributed by atoms with van der Waals surface area (Å²) in [5.74, 6) is 0. The molecule has 2 aromatic rings. The van der Waals surface area contributed by atoms with Crippen LogP contribution < -0.4 is 0 Å². The topological polar surface area (TPSA) is 63.8 Å². The van der Waals surface area contributed by atoms with E-state index in [9.17, 15) is 5.11 Å². The third kappa shape index (κ3) is 1.91. The zero-order valence-corrected chi connectivity index (χ0v) is 9.59. The summed E-state index contributed by atoms with van der Waals surface area (Å²) >= 11 is 3.24. The minimum Gasteiger partial charge on any atom is -0.382 e. The van der Waals surface area contributed by atoms with Crippen LogP contribution in [0.4, 0.5) is 0 Å². The van der Waals surface area contributed by atoms with E-state index in [1.165, 1.54) is 4.68 Å². The Kier molecular flexibility index (Phi) is 2.79. The molecule has 0 amide bonds. The van der Waals surface area contributed by atoms with Crippen molar-refractivity contribution in [3.05, 3.63) is 40.4 Å². The van der Waals surface area contributed by atoms with Gasteiger partial charge in [-0.25, -0.2) is 4.68 Å². The molecule has 1 atom stereocenters. The number of aliphatic hydroxyl groups is 1. The minimum atomic E-state index is -0.748. The molecule has 5 nitrogen and oxygen atoms in total. The van der Waals surface area contributed by atoms with Crippen LogP contribution in [-0.4, -0.2) is 25.1 Å². The lowest BCUT2D eigenvalue weighted by Gasteiger charge is -2.10. The van der Waals surface area contributed by atoms with Gasteiger partial charge < -0.3 is 5.11 Å². The third-order valence-corrected chi connectivity index (χ3v) is 2.67. The summed E-state index contributed by atoms with van der Waals surface area (Å²) in [6.07, 6.45) is 2.52. The Hall–Kier alpha value is -1.27. The molecule has 0 aliphatic rings. The summed E-state index contributed by atoms with van der Waals surface area (Å²) in [6, 6.07) is 3.51. The van der Waals surface area contributed by atoms with Crippen molar-refractivity contribution in [2.75, 3.05) is 0 Å². The van der Waals surface area contributed by atoms with Gasteiger partial charge in [-0.2, -0.15) is 0 Å². The van der Waals surface area contributed by atoms with Gasteiger partial charge in [0.15, 0.2) is 4.60 Å². The van der Waals surface area contributed by atoms with Crippen LogP contribution in [0.1, 0.15) is 17.4 Å². The Bertz CT molecular complexity index is 437. The van der Waals surface area contributed by atoms with E-state index >= 15 is 0 Å². The Morgan fingerprint density at radius 1 is 1.40 bits per heavy atom. The number of halogens is 1. The summed E-state index contributed by atoms with van der Waals surface area (Å²) in [7, 11) is 1.73. The predicted octanol–water partition coefficient (Wildman–Crippen LogP) is 1.05. The number of hydrogen-bond acceptors (Lipinski definition) is 4. The van der Waals surface area contributed by atoms with Gasteiger partial charge in [0, 0.05) is 19.4 Å². The van der Waals surface area contributed by atoms with Crippen LogP contribution >= 0.6 is 15.9 Å². The van der Waals surface area contributed by atoms with E-state index in [1.807, 2.05) is 0 Å². The van der Waals surface area contributed by atoms with E-state index in [4.69, 9.17) is 0 Å². The Morgan fingerprint density at radius 2 is 2.07 bits per heavy atom. The molecule has 78 valence electrons. The quantitative estimate of drug-likeness (QED) is 0.885. The molecule has 15 heavy (non-hydrogen) atoms. The molecule has 0 aromatic carbocycles. The fraction of sp³-hybridized carbons (Fsp3) is 0.222. The highest BCUT2D eigenvalue weighted by atomic mass is 79.9. The summed E-state index contributed by atoms with van der Waals surface area (Å²) in [4.78, 5) is 3.89. The Morgan fingerprint density at radius 3 is 2.60 bits per heavy atom. The van der Waals surface area contributed by atoms with Crippen molar-refractivity contribution in [2.45, 2.75) is 6.10 Å². The van der Waals surface area contributed by atoms with E-state index in [0.29, 0.717) is 10.3 Å². The second kappa shape index (κ2) is 4.08. The fourth-order valence-electron chi connectivity index (χ4n) is 1.33. The van der Waals surface area contributed by atoms with E-state index in [1.54, 1.807) is 31.6 Å². The lowest BCUT2D eigenvalue weighted by Crippen LogP contribution is -2.07. The summed E-state index contributed by atoms with van der Waals surface area (Å²) in [5, 5.41) is 17.7. The van der Waals surface area contributed by atoms with E-state index in [-0.39, 0.29) is 0 Å². The van der Waals surface area contributed by atoms with Crippen molar-refractivity contribution >= 4 is 15.9 Å². The molecule has 2 aromatic heterocycles. The number of aliphatic hydroxyl groups excluding tert-OH is 1. The van der Waals surface area contributed by atoms with Gasteiger partial charge in [-0.05, 0) is 33.6 Å². The molecule has 0 radical (unpaired) electrons. The molecule has 0 spiro atoms. The maximum atomic E-state index is 10.1. The predicted molar refractivity (Wildman–Crippen MR) is 57.0 cm³/mol. The van der Waals surface area contributed by atoms with Crippen LogP contribution in [0.15, 0.2) is 29.1 Å². The van der Waals surface area contributed by atoms with Crippen molar-refractivity contribution in [1.82, 2.24) is 20.0 Å². The van der Waals surface area contributed by atoms with Crippen molar-refractivity contribution in [2.24, 2.45) is 7.05 Å². The maximum Gasteiger partial charge on any atom is 0.154 e. The first-order valence-corrected chi connectivity index (χ1v) is 5.12.